The van der Waals surface area contributed by atoms with Crippen LogP contribution in [0.4, 0.5) is 11.4 Å². The average molecular weight is 294 g/mol. The van der Waals surface area contributed by atoms with Crippen LogP contribution < -0.4 is 10.6 Å². The number of halogens is 1. The van der Waals surface area contributed by atoms with E-state index in [1.165, 1.54) is 37.1 Å². The van der Waals surface area contributed by atoms with Gasteiger partial charge in [-0.25, -0.2) is 0 Å². The van der Waals surface area contributed by atoms with Gasteiger partial charge in [0.1, 0.15) is 0 Å². The van der Waals surface area contributed by atoms with Gasteiger partial charge in [0.05, 0.1) is 10.7 Å². The van der Waals surface area contributed by atoms with Crippen LogP contribution in [0.2, 0.25) is 5.02 Å². The monoisotopic (exact) mass is 293 g/mol. The summed E-state index contributed by atoms with van der Waals surface area (Å²) in [6, 6.07) is 4.81. The normalized spacial score (nSPS) is 27.4. The minimum Gasteiger partial charge on any atom is -0.398 e. The molecule has 0 aliphatic carbocycles. The first-order valence-corrected chi connectivity index (χ1v) is 7.95. The minimum atomic E-state index is 0.675. The van der Waals surface area contributed by atoms with Crippen molar-refractivity contribution in [1.29, 1.82) is 0 Å². The van der Waals surface area contributed by atoms with Crippen molar-refractivity contribution >= 4 is 23.0 Å². The molecule has 2 heterocycles. The highest BCUT2D eigenvalue weighted by Crippen LogP contribution is 2.35. The van der Waals surface area contributed by atoms with Crippen LogP contribution in [0.5, 0.6) is 0 Å². The summed E-state index contributed by atoms with van der Waals surface area (Å²) in [6.07, 6.45) is 3.93. The number of aryl methyl sites for hydroxylation is 1. The van der Waals surface area contributed by atoms with Gasteiger partial charge in [-0.05, 0) is 63.4 Å². The maximum absolute atomic E-state index is 6.21. The molecule has 4 heteroatoms. The van der Waals surface area contributed by atoms with Crippen LogP contribution in [-0.2, 0) is 0 Å². The molecule has 1 aromatic rings. The number of piperidine rings is 2. The Hall–Kier alpha value is -0.930. The van der Waals surface area contributed by atoms with Crippen molar-refractivity contribution in [3.8, 4) is 0 Å². The third-order valence-corrected chi connectivity index (χ3v) is 5.33. The van der Waals surface area contributed by atoms with Crippen molar-refractivity contribution in [3.63, 3.8) is 0 Å². The lowest BCUT2D eigenvalue weighted by Gasteiger charge is -2.47. The number of rotatable bonds is 1. The Balaban J connectivity index is 1.81. The Morgan fingerprint density at radius 3 is 2.85 bits per heavy atom. The quantitative estimate of drug-likeness (QED) is 0.808. The predicted octanol–water partition coefficient (Wildman–Crippen LogP) is 3.15. The van der Waals surface area contributed by atoms with Gasteiger partial charge in [0.15, 0.2) is 0 Å². The molecule has 0 radical (unpaired) electrons. The molecule has 1 aromatic carbocycles. The Morgan fingerprint density at radius 2 is 2.05 bits per heavy atom. The van der Waals surface area contributed by atoms with E-state index < -0.39 is 0 Å². The second kappa shape index (κ2) is 5.45. The van der Waals surface area contributed by atoms with Crippen LogP contribution >= 0.6 is 11.6 Å². The summed E-state index contributed by atoms with van der Waals surface area (Å²) < 4.78 is 0. The van der Waals surface area contributed by atoms with Gasteiger partial charge in [-0.15, -0.1) is 0 Å². The number of likely N-dealkylation sites (tertiary alicyclic amines) is 1. The van der Waals surface area contributed by atoms with Crippen molar-refractivity contribution < 1.29 is 0 Å². The first kappa shape index (κ1) is 14.0. The number of hydrogen-bond donors (Lipinski definition) is 1. The van der Waals surface area contributed by atoms with E-state index in [1.54, 1.807) is 0 Å². The second-order valence-electron chi connectivity index (χ2n) is 6.35. The zero-order valence-electron chi connectivity index (χ0n) is 12.4. The topological polar surface area (TPSA) is 32.5 Å². The molecule has 0 spiro atoms. The van der Waals surface area contributed by atoms with Crippen molar-refractivity contribution in [3.05, 3.63) is 22.7 Å². The fourth-order valence-electron chi connectivity index (χ4n) is 3.91. The van der Waals surface area contributed by atoms with Gasteiger partial charge in [0.2, 0.25) is 0 Å². The molecule has 0 saturated carbocycles. The summed E-state index contributed by atoms with van der Waals surface area (Å²) in [5.74, 6) is 0.790. The van der Waals surface area contributed by atoms with Gasteiger partial charge in [-0.1, -0.05) is 11.6 Å². The lowest BCUT2D eigenvalue weighted by Crippen LogP contribution is -2.52. The number of nitrogens with two attached hydrogens (primary N) is 1. The smallest absolute Gasteiger partial charge is 0.0656 e. The summed E-state index contributed by atoms with van der Waals surface area (Å²) >= 11 is 6.21. The summed E-state index contributed by atoms with van der Waals surface area (Å²) in [5, 5.41) is 0.675. The van der Waals surface area contributed by atoms with E-state index in [2.05, 4.69) is 23.8 Å². The number of anilines is 2. The summed E-state index contributed by atoms with van der Waals surface area (Å²) in [4.78, 5) is 5.05. The molecular formula is C16H24ClN3. The summed E-state index contributed by atoms with van der Waals surface area (Å²) in [5.41, 5.74) is 9.06. The van der Waals surface area contributed by atoms with Crippen molar-refractivity contribution in [2.24, 2.45) is 5.92 Å². The number of nitrogens with zero attached hydrogens (tertiary/aromatic N) is 2. The molecular weight excluding hydrogens is 270 g/mol. The van der Waals surface area contributed by atoms with Crippen LogP contribution in [0.25, 0.3) is 0 Å². The van der Waals surface area contributed by atoms with Gasteiger partial charge in [-0.2, -0.15) is 0 Å². The maximum atomic E-state index is 6.21. The van der Waals surface area contributed by atoms with Crippen LogP contribution in [0.3, 0.4) is 0 Å². The zero-order valence-corrected chi connectivity index (χ0v) is 13.2. The minimum absolute atomic E-state index is 0.675. The van der Waals surface area contributed by atoms with E-state index in [4.69, 9.17) is 17.3 Å². The van der Waals surface area contributed by atoms with E-state index >= 15 is 0 Å². The van der Waals surface area contributed by atoms with E-state index in [-0.39, 0.29) is 0 Å². The van der Waals surface area contributed by atoms with Crippen molar-refractivity contribution in [2.45, 2.75) is 32.2 Å². The van der Waals surface area contributed by atoms with Gasteiger partial charge in [-0.3, -0.25) is 0 Å². The Bertz CT molecular complexity index is 503. The maximum Gasteiger partial charge on any atom is 0.0656 e. The number of fused-ring (bicyclic) bond motifs is 1. The molecule has 2 aliphatic heterocycles. The molecule has 110 valence electrons. The summed E-state index contributed by atoms with van der Waals surface area (Å²) in [7, 11) is 2.28. The largest absolute Gasteiger partial charge is 0.398 e. The highest BCUT2D eigenvalue weighted by molar-refractivity contribution is 6.33. The number of benzene rings is 1. The first-order chi connectivity index (χ1) is 9.56. The van der Waals surface area contributed by atoms with Gasteiger partial charge < -0.3 is 15.5 Å². The molecule has 3 rings (SSSR count). The third-order valence-electron chi connectivity index (χ3n) is 5.00. The second-order valence-corrected chi connectivity index (χ2v) is 6.75. The van der Waals surface area contributed by atoms with E-state index in [0.29, 0.717) is 10.7 Å². The van der Waals surface area contributed by atoms with E-state index in [0.717, 1.165) is 25.0 Å². The molecule has 0 aromatic heterocycles. The highest BCUT2D eigenvalue weighted by atomic mass is 35.5. The number of nitrogen functional groups attached to an aromatic ring is 1. The van der Waals surface area contributed by atoms with Crippen molar-refractivity contribution in [1.82, 2.24) is 4.90 Å². The molecule has 0 amide bonds. The van der Waals surface area contributed by atoms with E-state index in [1.807, 2.05) is 12.1 Å². The van der Waals surface area contributed by atoms with Crippen LogP contribution in [0.1, 0.15) is 24.8 Å². The Morgan fingerprint density at radius 1 is 1.25 bits per heavy atom. The molecule has 20 heavy (non-hydrogen) atoms. The third kappa shape index (κ3) is 2.49. The van der Waals surface area contributed by atoms with Crippen LogP contribution in [0.15, 0.2) is 12.1 Å². The van der Waals surface area contributed by atoms with Gasteiger partial charge in [0.25, 0.3) is 0 Å². The lowest BCUT2D eigenvalue weighted by atomic mass is 9.84. The molecule has 2 unspecified atom stereocenters. The number of hydrogen-bond acceptors (Lipinski definition) is 3. The van der Waals surface area contributed by atoms with Gasteiger partial charge >= 0.3 is 0 Å². The average Bonchev–Trinajstić information content (AvgIpc) is 2.43. The summed E-state index contributed by atoms with van der Waals surface area (Å²) in [6.45, 7) is 5.65. The van der Waals surface area contributed by atoms with Crippen LogP contribution in [0, 0.1) is 12.8 Å². The van der Waals surface area contributed by atoms with Crippen molar-refractivity contribution in [2.75, 3.05) is 37.3 Å². The molecule has 2 atom stereocenters. The SMILES string of the molecule is Cc1cc(N)c(Cl)cc1N1CCC2C(CCCN2C)C1. The fourth-order valence-corrected chi connectivity index (χ4v) is 4.06. The molecule has 0 bridgehead atoms. The molecule has 3 nitrogen and oxygen atoms in total. The molecule has 2 fully saturated rings. The van der Waals surface area contributed by atoms with Gasteiger partial charge in [0, 0.05) is 24.8 Å². The Kier molecular flexibility index (Phi) is 3.83. The van der Waals surface area contributed by atoms with Crippen LogP contribution in [-0.4, -0.2) is 37.6 Å². The predicted molar refractivity (Wildman–Crippen MR) is 86.6 cm³/mol. The standard InChI is InChI=1S/C16H24ClN3/c1-11-8-14(18)13(17)9-16(11)20-7-5-15-12(10-20)4-3-6-19(15)2/h8-9,12,15H,3-7,10,18H2,1-2H3. The molecule has 2 N–H and O–H groups in total. The molecule has 2 aliphatic rings. The first-order valence-electron chi connectivity index (χ1n) is 7.57. The lowest BCUT2D eigenvalue weighted by molar-refractivity contribution is 0.102. The Labute approximate surface area is 126 Å². The fraction of sp³-hybridized carbons (Fsp3) is 0.625. The highest BCUT2D eigenvalue weighted by Gasteiger charge is 2.34. The van der Waals surface area contributed by atoms with E-state index in [9.17, 15) is 0 Å². The molecule has 2 saturated heterocycles. The zero-order chi connectivity index (χ0) is 14.3.